The molecule has 0 unspecified atom stereocenters. The van der Waals surface area contributed by atoms with Crippen molar-refractivity contribution in [1.82, 2.24) is 14.8 Å². The number of hydrogen-bond donors (Lipinski definition) is 0. The molecule has 0 aliphatic carbocycles. The van der Waals surface area contributed by atoms with Crippen LogP contribution in [0.15, 0.2) is 28.7 Å². The van der Waals surface area contributed by atoms with Crippen molar-refractivity contribution >= 4 is 31.9 Å². The molecule has 102 valence electrons. The van der Waals surface area contributed by atoms with Crippen molar-refractivity contribution in [3.63, 3.8) is 0 Å². The van der Waals surface area contributed by atoms with Crippen LogP contribution in [-0.4, -0.2) is 14.8 Å². The zero-order chi connectivity index (χ0) is 13.8. The molecule has 3 nitrogen and oxygen atoms in total. The Hall–Kier alpha value is -0.680. The number of hydrogen-bond acceptors (Lipinski definition) is 2. The number of aromatic nitrogens is 3. The van der Waals surface area contributed by atoms with Crippen LogP contribution in [0.1, 0.15) is 31.1 Å². The molecule has 0 radical (unpaired) electrons. The van der Waals surface area contributed by atoms with Gasteiger partial charge in [-0.15, -0.1) is 10.2 Å². The van der Waals surface area contributed by atoms with Crippen LogP contribution in [0, 0.1) is 5.92 Å². The van der Waals surface area contributed by atoms with E-state index in [2.05, 4.69) is 72.6 Å². The fourth-order valence-corrected chi connectivity index (χ4v) is 2.87. The molecule has 0 bridgehead atoms. The number of alkyl halides is 1. The zero-order valence-electron chi connectivity index (χ0n) is 11.1. The smallest absolute Gasteiger partial charge is 0.143 e. The van der Waals surface area contributed by atoms with Crippen LogP contribution in [0.25, 0.3) is 0 Å². The van der Waals surface area contributed by atoms with Crippen LogP contribution in [0.2, 0.25) is 0 Å². The summed E-state index contributed by atoms with van der Waals surface area (Å²) in [4.78, 5) is 0. The molecule has 19 heavy (non-hydrogen) atoms. The predicted molar refractivity (Wildman–Crippen MR) is 84.4 cm³/mol. The lowest BCUT2D eigenvalue weighted by Gasteiger charge is -2.12. The van der Waals surface area contributed by atoms with Crippen molar-refractivity contribution in [3.8, 4) is 0 Å². The van der Waals surface area contributed by atoms with Gasteiger partial charge in [-0.3, -0.25) is 0 Å². The van der Waals surface area contributed by atoms with Crippen LogP contribution in [0.3, 0.4) is 0 Å². The van der Waals surface area contributed by atoms with Crippen molar-refractivity contribution in [2.45, 2.75) is 32.1 Å². The van der Waals surface area contributed by atoms with E-state index in [1.54, 1.807) is 0 Å². The maximum Gasteiger partial charge on any atom is 0.143 e. The Balaban J connectivity index is 2.27. The maximum absolute atomic E-state index is 4.33. The molecule has 0 fully saturated rings. The Kier molecular flexibility index (Phi) is 5.16. The van der Waals surface area contributed by atoms with Gasteiger partial charge in [0.15, 0.2) is 0 Å². The molecule has 2 aromatic rings. The predicted octanol–water partition coefficient (Wildman–Crippen LogP) is 4.18. The molecular weight excluding hydrogens is 370 g/mol. The summed E-state index contributed by atoms with van der Waals surface area (Å²) in [6, 6.07) is 8.33. The largest absolute Gasteiger partial charge is 0.314 e. The highest BCUT2D eigenvalue weighted by atomic mass is 79.9. The van der Waals surface area contributed by atoms with E-state index >= 15 is 0 Å². The van der Waals surface area contributed by atoms with E-state index in [0.29, 0.717) is 5.92 Å². The summed E-state index contributed by atoms with van der Waals surface area (Å²) in [6.07, 6.45) is 0.812. The van der Waals surface area contributed by atoms with Crippen LogP contribution in [0.4, 0.5) is 0 Å². The van der Waals surface area contributed by atoms with Gasteiger partial charge in [0.1, 0.15) is 11.6 Å². The summed E-state index contributed by atoms with van der Waals surface area (Å²) in [5.41, 5.74) is 1.24. The molecular formula is C14H17Br2N3. The Morgan fingerprint density at radius 2 is 1.95 bits per heavy atom. The monoisotopic (exact) mass is 385 g/mol. The number of benzene rings is 1. The van der Waals surface area contributed by atoms with Crippen LogP contribution < -0.4 is 0 Å². The van der Waals surface area contributed by atoms with E-state index in [0.717, 1.165) is 34.4 Å². The third-order valence-electron chi connectivity index (χ3n) is 2.82. The summed E-state index contributed by atoms with van der Waals surface area (Å²) >= 11 is 6.98. The van der Waals surface area contributed by atoms with E-state index < -0.39 is 0 Å². The fraction of sp³-hybridized carbons (Fsp3) is 0.429. The van der Waals surface area contributed by atoms with Crippen molar-refractivity contribution in [2.24, 2.45) is 5.92 Å². The average molecular weight is 387 g/mol. The molecule has 0 aliphatic heterocycles. The van der Waals surface area contributed by atoms with Crippen LogP contribution in [-0.2, 0) is 18.3 Å². The molecule has 0 spiro atoms. The first-order valence-electron chi connectivity index (χ1n) is 6.31. The number of nitrogens with zero attached hydrogens (tertiary/aromatic N) is 3. The van der Waals surface area contributed by atoms with Crippen molar-refractivity contribution in [1.29, 1.82) is 0 Å². The van der Waals surface area contributed by atoms with E-state index in [1.807, 2.05) is 12.1 Å². The second kappa shape index (κ2) is 6.66. The van der Waals surface area contributed by atoms with Gasteiger partial charge in [0.25, 0.3) is 0 Å². The van der Waals surface area contributed by atoms with Crippen molar-refractivity contribution < 1.29 is 0 Å². The molecule has 0 N–H and O–H groups in total. The Morgan fingerprint density at radius 3 is 2.58 bits per heavy atom. The number of halogens is 2. The average Bonchev–Trinajstić information content (AvgIpc) is 2.71. The number of rotatable bonds is 5. The highest BCUT2D eigenvalue weighted by Crippen LogP contribution is 2.17. The van der Waals surface area contributed by atoms with Gasteiger partial charge in [0.05, 0.1) is 5.33 Å². The molecule has 1 heterocycles. The second-order valence-corrected chi connectivity index (χ2v) is 6.45. The minimum atomic E-state index is 0.579. The molecule has 0 saturated carbocycles. The summed E-state index contributed by atoms with van der Waals surface area (Å²) in [6.45, 7) is 5.37. The van der Waals surface area contributed by atoms with Gasteiger partial charge in [-0.2, -0.15) is 0 Å². The molecule has 1 aromatic heterocycles. The van der Waals surface area contributed by atoms with Gasteiger partial charge in [0.2, 0.25) is 0 Å². The van der Waals surface area contributed by atoms with Gasteiger partial charge in [-0.25, -0.2) is 0 Å². The van der Waals surface area contributed by atoms with Crippen LogP contribution >= 0.6 is 31.9 Å². The molecule has 0 aliphatic rings. The highest BCUT2D eigenvalue weighted by Gasteiger charge is 2.12. The van der Waals surface area contributed by atoms with Crippen molar-refractivity contribution in [2.75, 3.05) is 0 Å². The minimum absolute atomic E-state index is 0.579. The van der Waals surface area contributed by atoms with Gasteiger partial charge in [0, 0.05) is 17.4 Å². The SMILES string of the molecule is CC(C)Cn1c(CBr)nnc1Cc1cccc(Br)c1. The Bertz CT molecular complexity index is 549. The molecule has 0 saturated heterocycles. The first-order valence-corrected chi connectivity index (χ1v) is 8.23. The van der Waals surface area contributed by atoms with Crippen LogP contribution in [0.5, 0.6) is 0 Å². The lowest BCUT2D eigenvalue weighted by Crippen LogP contribution is -2.11. The summed E-state index contributed by atoms with van der Waals surface area (Å²) < 4.78 is 3.32. The zero-order valence-corrected chi connectivity index (χ0v) is 14.3. The third kappa shape index (κ3) is 3.89. The van der Waals surface area contributed by atoms with Crippen molar-refractivity contribution in [3.05, 3.63) is 46.0 Å². The Labute approximate surface area is 130 Å². The van der Waals surface area contributed by atoms with E-state index in [4.69, 9.17) is 0 Å². The lowest BCUT2D eigenvalue weighted by atomic mass is 10.1. The second-order valence-electron chi connectivity index (χ2n) is 4.98. The Morgan fingerprint density at radius 1 is 1.21 bits per heavy atom. The lowest BCUT2D eigenvalue weighted by molar-refractivity contribution is 0.500. The first kappa shape index (κ1) is 14.7. The van der Waals surface area contributed by atoms with E-state index in [9.17, 15) is 0 Å². The molecule has 2 rings (SSSR count). The van der Waals surface area contributed by atoms with E-state index in [1.165, 1.54) is 5.56 Å². The van der Waals surface area contributed by atoms with Gasteiger partial charge < -0.3 is 4.57 Å². The van der Waals surface area contributed by atoms with E-state index in [-0.39, 0.29) is 0 Å². The minimum Gasteiger partial charge on any atom is -0.314 e. The summed E-state index contributed by atoms with van der Waals surface area (Å²) in [7, 11) is 0. The third-order valence-corrected chi connectivity index (χ3v) is 3.82. The summed E-state index contributed by atoms with van der Waals surface area (Å²) in [5.74, 6) is 2.61. The first-order chi connectivity index (χ1) is 9.10. The van der Waals surface area contributed by atoms with Gasteiger partial charge in [-0.05, 0) is 23.6 Å². The summed E-state index contributed by atoms with van der Waals surface area (Å²) in [5, 5.41) is 9.33. The molecule has 0 amide bonds. The standard InChI is InChI=1S/C14H17Br2N3/c1-10(2)9-19-13(17-18-14(19)8-15)7-11-4-3-5-12(16)6-11/h3-6,10H,7-9H2,1-2H3. The fourth-order valence-electron chi connectivity index (χ4n) is 2.01. The highest BCUT2D eigenvalue weighted by molar-refractivity contribution is 9.10. The normalized spacial score (nSPS) is 11.2. The molecule has 1 aromatic carbocycles. The molecule has 5 heteroatoms. The molecule has 0 atom stereocenters. The quantitative estimate of drug-likeness (QED) is 0.721. The topological polar surface area (TPSA) is 30.7 Å². The van der Waals surface area contributed by atoms with Gasteiger partial charge in [-0.1, -0.05) is 57.8 Å². The maximum atomic E-state index is 4.33. The van der Waals surface area contributed by atoms with Gasteiger partial charge >= 0.3 is 0 Å².